The van der Waals surface area contributed by atoms with Crippen molar-refractivity contribution in [3.63, 3.8) is 0 Å². The van der Waals surface area contributed by atoms with Crippen molar-refractivity contribution in [2.24, 2.45) is 17.8 Å². The fourth-order valence-electron chi connectivity index (χ4n) is 5.03. The van der Waals surface area contributed by atoms with Gasteiger partial charge in [0.2, 0.25) is 0 Å². The van der Waals surface area contributed by atoms with Gasteiger partial charge in [-0.3, -0.25) is 4.79 Å². The summed E-state index contributed by atoms with van der Waals surface area (Å²) in [5, 5.41) is 32.8. The molecule has 0 aromatic rings. The lowest BCUT2D eigenvalue weighted by Crippen LogP contribution is -2.59. The van der Waals surface area contributed by atoms with Crippen LogP contribution in [-0.2, 0) is 33.3 Å². The molecule has 11 atom stereocenters. The van der Waals surface area contributed by atoms with Gasteiger partial charge in [-0.1, -0.05) is 45.9 Å². The van der Waals surface area contributed by atoms with E-state index in [1.807, 2.05) is 6.92 Å². The Bertz CT molecular complexity index is 885. The Kier molecular flexibility index (Phi) is 13.0. The van der Waals surface area contributed by atoms with Crippen LogP contribution < -0.4 is 0 Å². The number of ketones is 1. The van der Waals surface area contributed by atoms with Crippen LogP contribution in [0.5, 0.6) is 0 Å². The van der Waals surface area contributed by atoms with E-state index in [1.165, 1.54) is 44.6 Å². The molecule has 2 heterocycles. The topological polar surface area (TPSA) is 141 Å². The molecule has 0 aliphatic carbocycles. The molecule has 1 fully saturated rings. The molecule has 5 unspecified atom stereocenters. The summed E-state index contributed by atoms with van der Waals surface area (Å²) in [5.74, 6) is -1.63. The number of hydrogen-bond acceptors (Lipinski definition) is 10. The fourth-order valence-corrected chi connectivity index (χ4v) is 5.03. The van der Waals surface area contributed by atoms with Crippen LogP contribution in [0.2, 0.25) is 0 Å². The molecule has 2 aliphatic heterocycles. The van der Waals surface area contributed by atoms with Crippen LogP contribution in [0.1, 0.15) is 47.5 Å². The average Bonchev–Trinajstić information content (AvgIpc) is 2.91. The molecule has 10 heteroatoms. The zero-order chi connectivity index (χ0) is 29.3. The molecule has 0 radical (unpaired) electrons. The molecule has 0 aromatic heterocycles. The van der Waals surface area contributed by atoms with Gasteiger partial charge in [-0.05, 0) is 37.8 Å². The highest BCUT2D eigenvalue weighted by Crippen LogP contribution is 2.29. The van der Waals surface area contributed by atoms with Crippen molar-refractivity contribution in [2.75, 3.05) is 20.8 Å². The van der Waals surface area contributed by atoms with E-state index >= 15 is 0 Å². The first-order valence-electron chi connectivity index (χ1n) is 13.6. The van der Waals surface area contributed by atoms with Crippen molar-refractivity contribution in [1.29, 1.82) is 0 Å². The maximum absolute atomic E-state index is 12.7. The van der Waals surface area contributed by atoms with Gasteiger partial charge in [0.25, 0.3) is 0 Å². The number of aliphatic hydroxyl groups is 3. The highest BCUT2D eigenvalue weighted by molar-refractivity contribution is 5.91. The first-order chi connectivity index (χ1) is 18.4. The van der Waals surface area contributed by atoms with Crippen molar-refractivity contribution in [1.82, 2.24) is 0 Å². The monoisotopic (exact) mass is 554 g/mol. The number of esters is 1. The van der Waals surface area contributed by atoms with Crippen LogP contribution in [0.25, 0.3) is 0 Å². The summed E-state index contributed by atoms with van der Waals surface area (Å²) in [7, 11) is 2.88. The molecule has 222 valence electrons. The summed E-state index contributed by atoms with van der Waals surface area (Å²) >= 11 is 0. The highest BCUT2D eigenvalue weighted by Gasteiger charge is 2.46. The Hall–Kier alpha value is -1.92. The van der Waals surface area contributed by atoms with E-state index in [9.17, 15) is 24.9 Å². The molecule has 3 N–H and O–H groups in total. The zero-order valence-electron chi connectivity index (χ0n) is 24.1. The fraction of sp³-hybridized carbons (Fsp3) is 0.724. The number of ether oxygens (including phenoxy) is 5. The minimum Gasteiger partial charge on any atom is -0.456 e. The van der Waals surface area contributed by atoms with Crippen molar-refractivity contribution >= 4 is 11.8 Å². The van der Waals surface area contributed by atoms with Gasteiger partial charge in [0, 0.05) is 32.1 Å². The van der Waals surface area contributed by atoms with E-state index in [2.05, 4.69) is 0 Å². The second kappa shape index (κ2) is 15.2. The minimum absolute atomic E-state index is 0.107. The summed E-state index contributed by atoms with van der Waals surface area (Å²) in [6, 6.07) is 0. The number of rotatable bonds is 6. The molecular weight excluding hydrogens is 508 g/mol. The Labute approximate surface area is 231 Å². The largest absolute Gasteiger partial charge is 0.456 e. The Balaban J connectivity index is 2.36. The molecule has 0 amide bonds. The standard InChI is InChI=1S/C29H46O10/c1-8-22-29(34,16-37-28-27(36-7)26(35-6)25(33)20(5)38-28)14-10-9-11-21(30)18(3)15-19(4)24(32)17(2)12-13-23(31)39-22/h9-14,17-20,22,24-28,32-34H,8,15-16H2,1-7H3/b11-9+,13-12+,14-10+/t17-,18+,19-,20?,22+,24+,25?,26?,27?,28?,29-/m0/s1. The summed E-state index contributed by atoms with van der Waals surface area (Å²) in [4.78, 5) is 25.4. The van der Waals surface area contributed by atoms with Crippen LogP contribution in [0.3, 0.4) is 0 Å². The molecule has 0 aromatic carbocycles. The van der Waals surface area contributed by atoms with E-state index in [0.717, 1.165) is 0 Å². The number of methoxy groups -OCH3 is 2. The number of hydrogen-bond donors (Lipinski definition) is 3. The number of allylic oxidation sites excluding steroid dienone is 3. The van der Waals surface area contributed by atoms with Crippen molar-refractivity contribution < 1.29 is 48.6 Å². The van der Waals surface area contributed by atoms with Crippen LogP contribution in [0.4, 0.5) is 0 Å². The quantitative estimate of drug-likeness (QED) is 0.418. The summed E-state index contributed by atoms with van der Waals surface area (Å²) in [6.07, 6.45) is 3.52. The van der Waals surface area contributed by atoms with Gasteiger partial charge in [-0.25, -0.2) is 4.79 Å². The SMILES string of the molecule is CC[C@H]1OC(=O)/C=C/[C@H](C)[C@@H](O)[C@@H](C)C[C@@H](C)C(=O)/C=C/C=C/[C@]1(O)COC1OC(C)C(O)C(OC)C1OC. The van der Waals surface area contributed by atoms with E-state index < -0.39 is 54.5 Å². The van der Waals surface area contributed by atoms with E-state index in [-0.39, 0.29) is 36.6 Å². The molecule has 2 aliphatic rings. The Morgan fingerprint density at radius 1 is 1.00 bits per heavy atom. The molecule has 39 heavy (non-hydrogen) atoms. The van der Waals surface area contributed by atoms with Crippen LogP contribution in [0, 0.1) is 17.8 Å². The normalized spacial score (nSPS) is 43.4. The lowest BCUT2D eigenvalue weighted by molar-refractivity contribution is -0.310. The predicted molar refractivity (Wildman–Crippen MR) is 144 cm³/mol. The third kappa shape index (κ3) is 8.78. The number of carbonyl (C=O) groups is 2. The predicted octanol–water partition coefficient (Wildman–Crippen LogP) is 2.10. The summed E-state index contributed by atoms with van der Waals surface area (Å²) in [6.45, 7) is 8.53. The Morgan fingerprint density at radius 2 is 1.67 bits per heavy atom. The molecule has 0 saturated carbocycles. The molecule has 10 nitrogen and oxygen atoms in total. The van der Waals surface area contributed by atoms with E-state index in [0.29, 0.717) is 6.42 Å². The number of aliphatic hydroxyl groups excluding tert-OH is 2. The van der Waals surface area contributed by atoms with Gasteiger partial charge in [-0.2, -0.15) is 0 Å². The lowest BCUT2D eigenvalue weighted by atomic mass is 9.85. The van der Waals surface area contributed by atoms with Crippen molar-refractivity contribution in [3.8, 4) is 0 Å². The highest BCUT2D eigenvalue weighted by atomic mass is 16.7. The van der Waals surface area contributed by atoms with Gasteiger partial charge >= 0.3 is 5.97 Å². The second-order valence-electron chi connectivity index (χ2n) is 10.7. The van der Waals surface area contributed by atoms with Gasteiger partial charge < -0.3 is 39.0 Å². The molecular formula is C29H46O10. The first-order valence-corrected chi connectivity index (χ1v) is 13.6. The second-order valence-corrected chi connectivity index (χ2v) is 10.7. The first kappa shape index (κ1) is 33.3. The maximum Gasteiger partial charge on any atom is 0.330 e. The van der Waals surface area contributed by atoms with Crippen molar-refractivity contribution in [3.05, 3.63) is 36.5 Å². The van der Waals surface area contributed by atoms with E-state index in [1.54, 1.807) is 33.8 Å². The third-order valence-electron chi connectivity index (χ3n) is 7.59. The summed E-state index contributed by atoms with van der Waals surface area (Å²) in [5.41, 5.74) is -1.81. The Morgan fingerprint density at radius 3 is 2.28 bits per heavy atom. The lowest BCUT2D eigenvalue weighted by Gasteiger charge is -2.43. The molecule has 2 rings (SSSR count). The van der Waals surface area contributed by atoms with Gasteiger partial charge in [0.05, 0.1) is 18.8 Å². The average molecular weight is 555 g/mol. The van der Waals surface area contributed by atoms with Gasteiger partial charge in [0.15, 0.2) is 12.1 Å². The third-order valence-corrected chi connectivity index (χ3v) is 7.59. The molecule has 0 spiro atoms. The molecule has 0 bridgehead atoms. The van der Waals surface area contributed by atoms with Crippen LogP contribution >= 0.6 is 0 Å². The van der Waals surface area contributed by atoms with Crippen molar-refractivity contribution in [2.45, 2.75) is 96.0 Å². The summed E-state index contributed by atoms with van der Waals surface area (Å²) < 4.78 is 28.3. The van der Waals surface area contributed by atoms with Crippen LogP contribution in [0.15, 0.2) is 36.5 Å². The maximum atomic E-state index is 12.7. The smallest absolute Gasteiger partial charge is 0.330 e. The van der Waals surface area contributed by atoms with Gasteiger partial charge in [0.1, 0.15) is 30.0 Å². The van der Waals surface area contributed by atoms with Crippen LogP contribution in [-0.4, -0.2) is 96.4 Å². The molecule has 1 saturated heterocycles. The number of carbonyl (C=O) groups excluding carboxylic acids is 2. The van der Waals surface area contributed by atoms with E-state index in [4.69, 9.17) is 23.7 Å². The minimum atomic E-state index is -1.81. The number of cyclic esters (lactones) is 1. The zero-order valence-corrected chi connectivity index (χ0v) is 24.1. The van der Waals surface area contributed by atoms with Gasteiger partial charge in [-0.15, -0.1) is 0 Å².